The smallest absolute Gasteiger partial charge is 0.200 e. The first-order valence-electron chi connectivity index (χ1n) is 5.14. The molecule has 0 aliphatic rings. The van der Waals surface area contributed by atoms with Crippen molar-refractivity contribution in [3.05, 3.63) is 0 Å². The van der Waals surface area contributed by atoms with Crippen molar-refractivity contribution in [1.82, 2.24) is 0 Å². The third-order valence-electron chi connectivity index (χ3n) is 2.68. The molecular formula is C10H12F10. The zero-order valence-corrected chi connectivity index (χ0v) is 10.8. The summed E-state index contributed by atoms with van der Waals surface area (Å²) in [6.45, 7) is 0.407. The van der Waals surface area contributed by atoms with Gasteiger partial charge < -0.3 is 0 Å². The maximum Gasteiger partial charge on any atom is 0.384 e. The topological polar surface area (TPSA) is 0 Å². The Morgan fingerprint density at radius 1 is 0.400 bits per heavy atom. The molecule has 0 aromatic carbocycles. The van der Waals surface area contributed by atoms with Gasteiger partial charge >= 0.3 is 29.6 Å². The molecule has 0 aliphatic carbocycles. The number of hydrogen-bond acceptors (Lipinski definition) is 0. The van der Waals surface area contributed by atoms with E-state index in [9.17, 15) is 43.9 Å². The van der Waals surface area contributed by atoms with Crippen molar-refractivity contribution < 1.29 is 43.9 Å². The summed E-state index contributed by atoms with van der Waals surface area (Å²) in [7, 11) is 0. The van der Waals surface area contributed by atoms with Gasteiger partial charge in [0, 0.05) is 12.3 Å². The number of hydrogen-bond donors (Lipinski definition) is 0. The van der Waals surface area contributed by atoms with Crippen LogP contribution in [0.25, 0.3) is 0 Å². The molecule has 0 fully saturated rings. The van der Waals surface area contributed by atoms with E-state index in [1.807, 2.05) is 0 Å². The van der Waals surface area contributed by atoms with Crippen molar-refractivity contribution >= 4 is 0 Å². The Bertz CT molecular complexity index is 321. The Morgan fingerprint density at radius 2 is 0.650 bits per heavy atom. The van der Waals surface area contributed by atoms with E-state index in [0.29, 0.717) is 20.8 Å². The largest absolute Gasteiger partial charge is 0.384 e. The highest BCUT2D eigenvalue weighted by molar-refractivity contribution is 5.09. The first-order chi connectivity index (χ1) is 8.25. The number of alkyl halides is 10. The van der Waals surface area contributed by atoms with E-state index < -0.39 is 42.0 Å². The van der Waals surface area contributed by atoms with Gasteiger partial charge in [0.15, 0.2) is 0 Å². The van der Waals surface area contributed by atoms with Crippen LogP contribution in [0.2, 0.25) is 0 Å². The lowest BCUT2D eigenvalue weighted by atomic mass is 9.80. The lowest BCUT2D eigenvalue weighted by molar-refractivity contribution is -0.410. The van der Waals surface area contributed by atoms with Crippen LogP contribution in [0, 0.1) is 5.41 Å². The lowest BCUT2D eigenvalue weighted by Crippen LogP contribution is -2.69. The Labute approximate surface area is 108 Å². The van der Waals surface area contributed by atoms with Crippen molar-refractivity contribution in [2.24, 2.45) is 5.41 Å². The molecule has 0 aromatic heterocycles. The van der Waals surface area contributed by atoms with Crippen LogP contribution in [-0.4, -0.2) is 29.6 Å². The molecule has 10 heteroatoms. The molecule has 20 heavy (non-hydrogen) atoms. The van der Waals surface area contributed by atoms with Crippen LogP contribution in [-0.2, 0) is 0 Å². The van der Waals surface area contributed by atoms with Gasteiger partial charge in [0.05, 0.1) is 0 Å². The molecule has 0 bridgehead atoms. The normalized spacial score (nSPS) is 16.5. The fraction of sp³-hybridized carbons (Fsp3) is 1.00. The van der Waals surface area contributed by atoms with Gasteiger partial charge in [-0.15, -0.1) is 0 Å². The molecule has 0 aliphatic heterocycles. The third kappa shape index (κ3) is 2.34. The minimum atomic E-state index is -6.95. The first-order valence-corrected chi connectivity index (χ1v) is 5.14. The van der Waals surface area contributed by atoms with Crippen LogP contribution in [0.3, 0.4) is 0 Å². The van der Waals surface area contributed by atoms with Crippen molar-refractivity contribution in [2.75, 3.05) is 0 Å². The van der Waals surface area contributed by atoms with Crippen LogP contribution in [0.4, 0.5) is 43.9 Å². The molecule has 0 saturated carbocycles. The Kier molecular flexibility index (Phi) is 4.24. The van der Waals surface area contributed by atoms with Gasteiger partial charge in [-0.05, 0) is 0 Å². The van der Waals surface area contributed by atoms with E-state index in [1.54, 1.807) is 0 Å². The molecule has 0 atom stereocenters. The molecule has 0 nitrogen and oxygen atoms in total. The minimum absolute atomic E-state index is 0.388. The van der Waals surface area contributed by atoms with Gasteiger partial charge in [0.1, 0.15) is 0 Å². The second-order valence-electron chi connectivity index (χ2n) is 5.44. The highest BCUT2D eigenvalue weighted by Gasteiger charge is 2.86. The summed E-state index contributed by atoms with van der Waals surface area (Å²) >= 11 is 0. The van der Waals surface area contributed by atoms with Gasteiger partial charge in [0.2, 0.25) is 0 Å². The van der Waals surface area contributed by atoms with E-state index >= 15 is 0 Å². The van der Waals surface area contributed by atoms with Gasteiger partial charge in [-0.25, -0.2) is 0 Å². The molecule has 0 aromatic rings. The minimum Gasteiger partial charge on any atom is -0.200 e. The number of halogens is 10. The Morgan fingerprint density at radius 3 is 0.850 bits per heavy atom. The first kappa shape index (κ1) is 19.3. The Hall–Kier alpha value is -0.700. The van der Waals surface area contributed by atoms with Crippen LogP contribution >= 0.6 is 0 Å². The van der Waals surface area contributed by atoms with Crippen LogP contribution < -0.4 is 0 Å². The third-order valence-corrected chi connectivity index (χ3v) is 2.68. The summed E-state index contributed by atoms with van der Waals surface area (Å²) in [5.41, 5.74) is -2.86. The van der Waals surface area contributed by atoms with Crippen LogP contribution in [0.5, 0.6) is 0 Å². The van der Waals surface area contributed by atoms with Crippen molar-refractivity contribution in [3.63, 3.8) is 0 Å². The summed E-state index contributed by atoms with van der Waals surface area (Å²) in [6.07, 6.45) is 0. The molecule has 122 valence electrons. The fourth-order valence-corrected chi connectivity index (χ4v) is 1.14. The zero-order chi connectivity index (χ0) is 17.0. The fourth-order valence-electron chi connectivity index (χ4n) is 1.14. The molecule has 0 saturated heterocycles. The van der Waals surface area contributed by atoms with E-state index in [1.165, 1.54) is 0 Å². The highest BCUT2D eigenvalue weighted by Crippen LogP contribution is 2.60. The summed E-state index contributed by atoms with van der Waals surface area (Å²) in [5, 5.41) is 0. The molecule has 0 rings (SSSR count). The molecule has 0 N–H and O–H groups in total. The Balaban J connectivity index is 6.08. The predicted octanol–water partition coefficient (Wildman–Crippen LogP) is 5.23. The quantitative estimate of drug-likeness (QED) is 0.622. The highest BCUT2D eigenvalue weighted by atomic mass is 19.4. The van der Waals surface area contributed by atoms with E-state index in [2.05, 4.69) is 0 Å². The van der Waals surface area contributed by atoms with Gasteiger partial charge in [-0.1, -0.05) is 20.8 Å². The van der Waals surface area contributed by atoms with Crippen molar-refractivity contribution in [3.8, 4) is 0 Å². The average molecular weight is 322 g/mol. The monoisotopic (exact) mass is 322 g/mol. The van der Waals surface area contributed by atoms with Gasteiger partial charge in [-0.3, -0.25) is 0 Å². The molecular weight excluding hydrogens is 310 g/mol. The molecule has 0 radical (unpaired) electrons. The van der Waals surface area contributed by atoms with Gasteiger partial charge in [0.25, 0.3) is 0 Å². The average Bonchev–Trinajstić information content (AvgIpc) is 2.12. The maximum atomic E-state index is 13.3. The molecule has 0 amide bonds. The summed E-state index contributed by atoms with van der Waals surface area (Å²) < 4.78 is 130. The summed E-state index contributed by atoms with van der Waals surface area (Å²) in [5.74, 6) is -31.6. The second-order valence-corrected chi connectivity index (χ2v) is 5.44. The van der Waals surface area contributed by atoms with E-state index in [-0.39, 0.29) is 0 Å². The maximum absolute atomic E-state index is 13.3. The SMILES string of the molecule is CC(C)(C)C(F)(F)C(F)(F)C(F)(F)C(F)(F)C(C)(F)F. The van der Waals surface area contributed by atoms with Gasteiger partial charge in [-0.2, -0.15) is 43.9 Å². The molecule has 0 unspecified atom stereocenters. The predicted molar refractivity (Wildman–Crippen MR) is 49.9 cm³/mol. The van der Waals surface area contributed by atoms with E-state index in [4.69, 9.17) is 0 Å². The standard InChI is InChI=1S/C10H12F10/c1-5(2,3)7(13,14)9(17,18)10(19,20)8(15,16)6(4,11)12/h1-4H3. The lowest BCUT2D eigenvalue weighted by Gasteiger charge is -2.42. The van der Waals surface area contributed by atoms with Crippen molar-refractivity contribution in [2.45, 2.75) is 57.3 Å². The van der Waals surface area contributed by atoms with E-state index in [0.717, 1.165) is 0 Å². The summed E-state index contributed by atoms with van der Waals surface area (Å²) in [6, 6.07) is 0. The van der Waals surface area contributed by atoms with Crippen LogP contribution in [0.15, 0.2) is 0 Å². The molecule has 0 heterocycles. The molecule has 0 spiro atoms. The van der Waals surface area contributed by atoms with Crippen molar-refractivity contribution in [1.29, 1.82) is 0 Å². The number of rotatable bonds is 4. The summed E-state index contributed by atoms with van der Waals surface area (Å²) in [4.78, 5) is 0. The second kappa shape index (κ2) is 4.40. The zero-order valence-electron chi connectivity index (χ0n) is 10.8. The van der Waals surface area contributed by atoms with Crippen LogP contribution in [0.1, 0.15) is 27.7 Å².